The maximum Gasteiger partial charge on any atom is 0.335 e. The number of hydrogen-bond donors (Lipinski definition) is 1. The molecule has 0 aliphatic rings. The summed E-state index contributed by atoms with van der Waals surface area (Å²) in [6.45, 7) is 6.05. The Morgan fingerprint density at radius 2 is 2.29 bits per heavy atom. The normalized spacial score (nSPS) is 9.82. The summed E-state index contributed by atoms with van der Waals surface area (Å²) in [5.74, 6) is -0.397. The van der Waals surface area contributed by atoms with E-state index in [1.807, 2.05) is 12.1 Å². The van der Waals surface area contributed by atoms with E-state index in [1.54, 1.807) is 13.0 Å². The zero-order valence-corrected chi connectivity index (χ0v) is 11.8. The SMILES string of the molecule is C=C(CNc1cc(Br)ccc1Cl)C(=O)OCC. The van der Waals surface area contributed by atoms with Gasteiger partial charge in [-0.05, 0) is 25.1 Å². The number of nitrogens with one attached hydrogen (secondary N) is 1. The van der Waals surface area contributed by atoms with Gasteiger partial charge in [-0.15, -0.1) is 0 Å². The van der Waals surface area contributed by atoms with E-state index < -0.39 is 5.97 Å². The third-order valence-corrected chi connectivity index (χ3v) is 2.81. The fraction of sp³-hybridized carbons (Fsp3) is 0.250. The monoisotopic (exact) mass is 317 g/mol. The van der Waals surface area contributed by atoms with Gasteiger partial charge in [0.15, 0.2) is 0 Å². The van der Waals surface area contributed by atoms with Crippen LogP contribution in [-0.2, 0) is 9.53 Å². The summed E-state index contributed by atoms with van der Waals surface area (Å²) in [5.41, 5.74) is 1.11. The minimum absolute atomic E-state index is 0.301. The van der Waals surface area contributed by atoms with E-state index >= 15 is 0 Å². The molecule has 1 aromatic carbocycles. The largest absolute Gasteiger partial charge is 0.463 e. The molecule has 0 aromatic heterocycles. The molecule has 0 heterocycles. The van der Waals surface area contributed by atoms with Crippen molar-refractivity contribution in [2.24, 2.45) is 0 Å². The van der Waals surface area contributed by atoms with Gasteiger partial charge in [-0.2, -0.15) is 0 Å². The van der Waals surface area contributed by atoms with Gasteiger partial charge in [-0.1, -0.05) is 34.1 Å². The van der Waals surface area contributed by atoms with Crippen LogP contribution in [0.25, 0.3) is 0 Å². The third kappa shape index (κ3) is 4.40. The van der Waals surface area contributed by atoms with Crippen molar-refractivity contribution < 1.29 is 9.53 Å². The number of ether oxygens (including phenoxy) is 1. The molecule has 0 bridgehead atoms. The molecule has 0 amide bonds. The standard InChI is InChI=1S/C12H13BrClNO2/c1-3-17-12(16)8(2)7-15-11-6-9(13)4-5-10(11)14/h4-6,15H,2-3,7H2,1H3. The maximum absolute atomic E-state index is 11.3. The van der Waals surface area contributed by atoms with Crippen molar-refractivity contribution in [3.63, 3.8) is 0 Å². The smallest absolute Gasteiger partial charge is 0.335 e. The summed E-state index contributed by atoms with van der Waals surface area (Å²) < 4.78 is 5.73. The maximum atomic E-state index is 11.3. The second-order valence-electron chi connectivity index (χ2n) is 3.30. The molecule has 0 saturated carbocycles. The van der Waals surface area contributed by atoms with Crippen molar-refractivity contribution in [1.82, 2.24) is 0 Å². The Kier molecular flexibility index (Phi) is 5.51. The van der Waals surface area contributed by atoms with E-state index in [1.165, 1.54) is 0 Å². The molecule has 3 nitrogen and oxygen atoms in total. The molecule has 1 N–H and O–H groups in total. The first-order chi connectivity index (χ1) is 8.04. The van der Waals surface area contributed by atoms with Gasteiger partial charge in [0.25, 0.3) is 0 Å². The van der Waals surface area contributed by atoms with Crippen LogP contribution in [0.4, 0.5) is 5.69 Å². The van der Waals surface area contributed by atoms with Crippen LogP contribution in [0.2, 0.25) is 5.02 Å². The molecule has 0 spiro atoms. The van der Waals surface area contributed by atoms with Crippen molar-refractivity contribution in [2.45, 2.75) is 6.92 Å². The number of carbonyl (C=O) groups excluding carboxylic acids is 1. The van der Waals surface area contributed by atoms with Crippen molar-refractivity contribution in [3.8, 4) is 0 Å². The van der Waals surface area contributed by atoms with Crippen LogP contribution >= 0.6 is 27.5 Å². The van der Waals surface area contributed by atoms with Gasteiger partial charge in [0.2, 0.25) is 0 Å². The summed E-state index contributed by atoms with van der Waals surface area (Å²) in [5, 5.41) is 3.62. The van der Waals surface area contributed by atoms with Crippen molar-refractivity contribution >= 4 is 39.2 Å². The van der Waals surface area contributed by atoms with Crippen LogP contribution in [0.3, 0.4) is 0 Å². The molecule has 1 aromatic rings. The second-order valence-corrected chi connectivity index (χ2v) is 4.62. The average molecular weight is 319 g/mol. The average Bonchev–Trinajstić information content (AvgIpc) is 2.30. The summed E-state index contributed by atoms with van der Waals surface area (Å²) in [7, 11) is 0. The molecule has 0 aliphatic heterocycles. The number of hydrogen-bond acceptors (Lipinski definition) is 3. The summed E-state index contributed by atoms with van der Waals surface area (Å²) in [4.78, 5) is 11.3. The Bertz CT molecular complexity index is 435. The van der Waals surface area contributed by atoms with E-state index in [9.17, 15) is 4.79 Å². The van der Waals surface area contributed by atoms with Crippen LogP contribution in [0.5, 0.6) is 0 Å². The number of anilines is 1. The first-order valence-corrected chi connectivity index (χ1v) is 6.25. The van der Waals surface area contributed by atoms with Gasteiger partial charge in [0.1, 0.15) is 0 Å². The topological polar surface area (TPSA) is 38.3 Å². The quantitative estimate of drug-likeness (QED) is 0.665. The number of rotatable bonds is 5. The lowest BCUT2D eigenvalue weighted by Crippen LogP contribution is -2.14. The Morgan fingerprint density at radius 3 is 2.94 bits per heavy atom. The second kappa shape index (κ2) is 6.67. The molecule has 0 saturated heterocycles. The van der Waals surface area contributed by atoms with Crippen LogP contribution in [0, 0.1) is 0 Å². The minimum atomic E-state index is -0.397. The minimum Gasteiger partial charge on any atom is -0.463 e. The molecule has 17 heavy (non-hydrogen) atoms. The Labute approximate surface area is 114 Å². The predicted molar refractivity (Wildman–Crippen MR) is 73.4 cm³/mol. The Morgan fingerprint density at radius 1 is 1.59 bits per heavy atom. The lowest BCUT2D eigenvalue weighted by Gasteiger charge is -2.10. The highest BCUT2D eigenvalue weighted by molar-refractivity contribution is 9.10. The summed E-state index contributed by atoms with van der Waals surface area (Å²) in [6.07, 6.45) is 0. The zero-order chi connectivity index (χ0) is 12.8. The van der Waals surface area contributed by atoms with Crippen molar-refractivity contribution in [2.75, 3.05) is 18.5 Å². The number of halogens is 2. The Balaban J connectivity index is 2.58. The predicted octanol–water partition coefficient (Wildman–Crippen LogP) is 3.63. The number of benzene rings is 1. The molecule has 0 atom stereocenters. The van der Waals surface area contributed by atoms with Gasteiger partial charge in [-0.3, -0.25) is 0 Å². The highest BCUT2D eigenvalue weighted by atomic mass is 79.9. The van der Waals surface area contributed by atoms with Gasteiger partial charge >= 0.3 is 5.97 Å². The zero-order valence-electron chi connectivity index (χ0n) is 9.43. The Hall–Kier alpha value is -1.00. The lowest BCUT2D eigenvalue weighted by atomic mass is 10.2. The van der Waals surface area contributed by atoms with Crippen molar-refractivity contribution in [3.05, 3.63) is 39.8 Å². The van der Waals surface area contributed by atoms with E-state index in [-0.39, 0.29) is 0 Å². The number of carbonyl (C=O) groups is 1. The molecule has 0 fully saturated rings. The van der Waals surface area contributed by atoms with Gasteiger partial charge < -0.3 is 10.1 Å². The van der Waals surface area contributed by atoms with E-state index in [2.05, 4.69) is 27.8 Å². The van der Waals surface area contributed by atoms with Crippen LogP contribution in [-0.4, -0.2) is 19.1 Å². The van der Waals surface area contributed by atoms with Gasteiger partial charge in [-0.25, -0.2) is 4.79 Å². The molecule has 92 valence electrons. The fourth-order valence-corrected chi connectivity index (χ4v) is 1.69. The summed E-state index contributed by atoms with van der Waals surface area (Å²) >= 11 is 9.34. The molecular weight excluding hydrogens is 305 g/mol. The fourth-order valence-electron chi connectivity index (χ4n) is 1.14. The number of esters is 1. The highest BCUT2D eigenvalue weighted by Crippen LogP contribution is 2.25. The summed E-state index contributed by atoms with van der Waals surface area (Å²) in [6, 6.07) is 5.44. The molecule has 0 aliphatic carbocycles. The van der Waals surface area contributed by atoms with Gasteiger partial charge in [0.05, 0.1) is 17.3 Å². The van der Waals surface area contributed by atoms with Crippen LogP contribution in [0.1, 0.15) is 6.92 Å². The van der Waals surface area contributed by atoms with Gasteiger partial charge in [0, 0.05) is 16.6 Å². The third-order valence-electron chi connectivity index (χ3n) is 1.98. The molecule has 0 unspecified atom stereocenters. The lowest BCUT2D eigenvalue weighted by molar-refractivity contribution is -0.138. The first kappa shape index (κ1) is 14.1. The van der Waals surface area contributed by atoms with E-state index in [0.29, 0.717) is 23.7 Å². The van der Waals surface area contributed by atoms with E-state index in [4.69, 9.17) is 16.3 Å². The molecule has 5 heteroatoms. The van der Waals surface area contributed by atoms with Crippen LogP contribution in [0.15, 0.2) is 34.8 Å². The molecule has 0 radical (unpaired) electrons. The van der Waals surface area contributed by atoms with Crippen LogP contribution < -0.4 is 5.32 Å². The molecular formula is C12H13BrClNO2. The van der Waals surface area contributed by atoms with E-state index in [0.717, 1.165) is 10.2 Å². The first-order valence-electron chi connectivity index (χ1n) is 5.08. The molecule has 1 rings (SSSR count). The highest BCUT2D eigenvalue weighted by Gasteiger charge is 2.08. The van der Waals surface area contributed by atoms with Crippen molar-refractivity contribution in [1.29, 1.82) is 0 Å².